The Kier molecular flexibility index (Phi) is 34.6. The number of rotatable bonds is 38. The second-order valence-electron chi connectivity index (χ2n) is 15.7. The zero-order chi connectivity index (χ0) is 41.8. The molecule has 56 heavy (non-hydrogen) atoms. The van der Waals surface area contributed by atoms with Gasteiger partial charge in [-0.15, -0.1) is 0 Å². The summed E-state index contributed by atoms with van der Waals surface area (Å²) in [5.74, 6) is -0.996. The van der Waals surface area contributed by atoms with Crippen molar-refractivity contribution in [3.63, 3.8) is 0 Å². The average molecular weight is 814 g/mol. The molecule has 0 saturated heterocycles. The van der Waals surface area contributed by atoms with Gasteiger partial charge in [-0.3, -0.25) is 14.2 Å². The molecule has 0 spiro atoms. The molecule has 1 unspecified atom stereocenters. The summed E-state index contributed by atoms with van der Waals surface area (Å²) in [5.41, 5.74) is 0. The molecule has 0 amide bonds. The summed E-state index contributed by atoms with van der Waals surface area (Å²) in [7, 11) is 1.05. The van der Waals surface area contributed by atoms with Crippen molar-refractivity contribution in [1.29, 1.82) is 0 Å². The molecule has 4 atom stereocenters. The quantitative estimate of drug-likeness (QED) is 0.0203. The van der Waals surface area contributed by atoms with Crippen LogP contribution in [0, 0.1) is 0 Å². The van der Waals surface area contributed by atoms with Gasteiger partial charge in [0.2, 0.25) is 0 Å². The molecule has 12 heteroatoms. The minimum atomic E-state index is -4.67. The lowest BCUT2D eigenvalue weighted by molar-refractivity contribution is -0.870. The van der Waals surface area contributed by atoms with Crippen molar-refractivity contribution < 1.29 is 52.3 Å². The number of phosphoric acid groups is 1. The first-order valence-corrected chi connectivity index (χ1v) is 23.0. The Bertz CT molecular complexity index is 1130. The standard InChI is InChI=1S/C44H80NO10P/c1-6-8-10-12-14-15-16-17-18-19-20-21-22-26-31-35-44(49)55-40(39-54-56(50,51)53-37-36-45(3,4)5)38-52-43(48)34-30-27-23-25-29-33-42(47)41(46)32-28-24-13-11-9-7-2/h14-15,17-18,20-21,24,28,40-42,46-47H,6-13,16,19,22-23,25-27,29-39H2,1-5H3/b15-14-,18-17-,21-20-,28-24-/t40-,41-,42-/m1/s1. The molecule has 0 aliphatic heterocycles. The fraction of sp³-hybridized carbons (Fsp3) is 0.773. The van der Waals surface area contributed by atoms with Crippen LogP contribution in [0.15, 0.2) is 48.6 Å². The van der Waals surface area contributed by atoms with E-state index < -0.39 is 44.7 Å². The van der Waals surface area contributed by atoms with E-state index in [1.807, 2.05) is 27.2 Å². The van der Waals surface area contributed by atoms with Crippen LogP contribution >= 0.6 is 7.82 Å². The Morgan fingerprint density at radius 2 is 1.16 bits per heavy atom. The molecule has 0 heterocycles. The predicted molar refractivity (Wildman–Crippen MR) is 225 cm³/mol. The summed E-state index contributed by atoms with van der Waals surface area (Å²) in [4.78, 5) is 37.5. The monoisotopic (exact) mass is 814 g/mol. The van der Waals surface area contributed by atoms with Crippen molar-refractivity contribution in [2.24, 2.45) is 0 Å². The first-order valence-electron chi connectivity index (χ1n) is 21.5. The maximum absolute atomic E-state index is 12.6. The fourth-order valence-corrected chi connectivity index (χ4v) is 6.18. The van der Waals surface area contributed by atoms with E-state index in [9.17, 15) is 29.3 Å². The van der Waals surface area contributed by atoms with Gasteiger partial charge in [-0.05, 0) is 77.0 Å². The largest absolute Gasteiger partial charge is 0.756 e. The molecule has 11 nitrogen and oxygen atoms in total. The number of carbonyl (C=O) groups excluding carboxylic acids is 2. The normalized spacial score (nSPS) is 15.2. The number of allylic oxidation sites excluding steroid dienone is 7. The zero-order valence-electron chi connectivity index (χ0n) is 35.8. The van der Waals surface area contributed by atoms with E-state index in [4.69, 9.17) is 18.5 Å². The number of ether oxygens (including phenoxy) is 2. The smallest absolute Gasteiger partial charge is 0.306 e. The first kappa shape index (κ1) is 53.9. The number of aliphatic hydroxyl groups excluding tert-OH is 2. The molecule has 0 fully saturated rings. The molecule has 2 N–H and O–H groups in total. The van der Waals surface area contributed by atoms with Gasteiger partial charge in [0.15, 0.2) is 6.10 Å². The molecule has 326 valence electrons. The highest BCUT2D eigenvalue weighted by Gasteiger charge is 2.22. The third-order valence-electron chi connectivity index (χ3n) is 9.02. The summed E-state index contributed by atoms with van der Waals surface area (Å²) < 4.78 is 33.7. The van der Waals surface area contributed by atoms with Crippen LogP contribution in [0.5, 0.6) is 0 Å². The van der Waals surface area contributed by atoms with Crippen molar-refractivity contribution in [1.82, 2.24) is 0 Å². The van der Waals surface area contributed by atoms with Crippen LogP contribution in [0.1, 0.15) is 155 Å². The van der Waals surface area contributed by atoms with Crippen LogP contribution in [-0.2, 0) is 32.7 Å². The zero-order valence-corrected chi connectivity index (χ0v) is 36.7. The lowest BCUT2D eigenvalue weighted by Gasteiger charge is -2.28. The average Bonchev–Trinajstić information content (AvgIpc) is 3.14. The van der Waals surface area contributed by atoms with Crippen LogP contribution in [0.3, 0.4) is 0 Å². The van der Waals surface area contributed by atoms with E-state index in [0.29, 0.717) is 36.7 Å². The molecule has 0 aromatic carbocycles. The van der Waals surface area contributed by atoms with Gasteiger partial charge in [-0.25, -0.2) is 0 Å². The van der Waals surface area contributed by atoms with Gasteiger partial charge in [0.1, 0.15) is 19.8 Å². The highest BCUT2D eigenvalue weighted by Crippen LogP contribution is 2.38. The number of quaternary nitrogens is 1. The fourth-order valence-electron chi connectivity index (χ4n) is 5.45. The molecular weight excluding hydrogens is 733 g/mol. The SMILES string of the molecule is CCCCC/C=C\C/C=C\C/C=C\CCCCC(=O)O[C@H](COC(=O)CCCCCCC[C@@H](O)[C@H](O)C/C=C\CCCCC)COP(=O)([O-])OCC[N+](C)(C)C. The molecule has 0 aromatic rings. The second-order valence-corrected chi connectivity index (χ2v) is 17.1. The molecule has 0 bridgehead atoms. The topological polar surface area (TPSA) is 152 Å². The maximum atomic E-state index is 12.6. The molecule has 0 radical (unpaired) electrons. The van der Waals surface area contributed by atoms with E-state index in [0.717, 1.165) is 70.6 Å². The molecule has 0 aliphatic carbocycles. The molecule has 0 aliphatic rings. The van der Waals surface area contributed by atoms with Crippen molar-refractivity contribution in [2.75, 3.05) is 47.5 Å². The number of nitrogens with zero attached hydrogens (tertiary/aromatic N) is 1. The van der Waals surface area contributed by atoms with Crippen molar-refractivity contribution in [3.8, 4) is 0 Å². The van der Waals surface area contributed by atoms with Gasteiger partial charge in [-0.2, -0.15) is 0 Å². The summed E-state index contributed by atoms with van der Waals surface area (Å²) in [6, 6.07) is 0. The van der Waals surface area contributed by atoms with Gasteiger partial charge in [0, 0.05) is 12.8 Å². The van der Waals surface area contributed by atoms with Gasteiger partial charge in [0.25, 0.3) is 7.82 Å². The van der Waals surface area contributed by atoms with Crippen LogP contribution in [0.4, 0.5) is 0 Å². The molecule has 0 rings (SSSR count). The summed E-state index contributed by atoms with van der Waals surface area (Å²) in [6.07, 6.45) is 33.1. The van der Waals surface area contributed by atoms with E-state index >= 15 is 0 Å². The lowest BCUT2D eigenvalue weighted by atomic mass is 10.0. The maximum Gasteiger partial charge on any atom is 0.306 e. The number of likely N-dealkylation sites (N-methyl/N-ethyl adjacent to an activating group) is 1. The van der Waals surface area contributed by atoms with Gasteiger partial charge < -0.3 is 38.1 Å². The Hall–Kier alpha value is -2.11. The van der Waals surface area contributed by atoms with E-state index in [-0.39, 0.29) is 26.1 Å². The van der Waals surface area contributed by atoms with Gasteiger partial charge >= 0.3 is 11.9 Å². The number of hydrogen-bond donors (Lipinski definition) is 2. The van der Waals surface area contributed by atoms with Gasteiger partial charge in [-0.1, -0.05) is 114 Å². The second kappa shape index (κ2) is 36.0. The Morgan fingerprint density at radius 3 is 1.77 bits per heavy atom. The van der Waals surface area contributed by atoms with Crippen LogP contribution in [0.25, 0.3) is 0 Å². The Labute approximate surface area is 340 Å². The van der Waals surface area contributed by atoms with E-state index in [1.54, 1.807) is 0 Å². The van der Waals surface area contributed by atoms with Crippen LogP contribution in [0.2, 0.25) is 0 Å². The number of phosphoric ester groups is 1. The third kappa shape index (κ3) is 37.5. The summed E-state index contributed by atoms with van der Waals surface area (Å²) in [6.45, 7) is 3.90. The van der Waals surface area contributed by atoms with Crippen LogP contribution < -0.4 is 4.89 Å². The lowest BCUT2D eigenvalue weighted by Crippen LogP contribution is -2.37. The van der Waals surface area contributed by atoms with Crippen molar-refractivity contribution in [2.45, 2.75) is 173 Å². The summed E-state index contributed by atoms with van der Waals surface area (Å²) in [5, 5.41) is 20.4. The number of carbonyl (C=O) groups is 2. The van der Waals surface area contributed by atoms with E-state index in [1.165, 1.54) is 32.1 Å². The number of aliphatic hydroxyl groups is 2. The van der Waals surface area contributed by atoms with E-state index in [2.05, 4.69) is 56.4 Å². The predicted octanol–water partition coefficient (Wildman–Crippen LogP) is 9.22. The molecule has 0 saturated carbocycles. The highest BCUT2D eigenvalue weighted by molar-refractivity contribution is 7.45. The number of unbranched alkanes of at least 4 members (excludes halogenated alkanes) is 12. The summed E-state index contributed by atoms with van der Waals surface area (Å²) >= 11 is 0. The third-order valence-corrected chi connectivity index (χ3v) is 9.99. The molecular formula is C44H80NO10P. The first-order chi connectivity index (χ1) is 26.8. The van der Waals surface area contributed by atoms with Gasteiger partial charge in [0.05, 0.1) is 40.0 Å². The van der Waals surface area contributed by atoms with Crippen LogP contribution in [-0.4, -0.2) is 92.5 Å². The minimum Gasteiger partial charge on any atom is -0.756 e. The highest BCUT2D eigenvalue weighted by atomic mass is 31.2. The molecule has 0 aromatic heterocycles. The van der Waals surface area contributed by atoms with Crippen molar-refractivity contribution >= 4 is 19.8 Å². The number of esters is 2. The number of hydrogen-bond acceptors (Lipinski definition) is 10. The minimum absolute atomic E-state index is 0.0651. The Morgan fingerprint density at radius 1 is 0.643 bits per heavy atom. The Balaban J connectivity index is 4.57. The van der Waals surface area contributed by atoms with Crippen molar-refractivity contribution in [3.05, 3.63) is 48.6 Å².